The highest BCUT2D eigenvalue weighted by Gasteiger charge is 2.15. The fraction of sp³-hybridized carbons (Fsp3) is 0.600. The molecule has 1 heterocycles. The van der Waals surface area contributed by atoms with E-state index in [2.05, 4.69) is 36.3 Å². The molecule has 0 saturated carbocycles. The number of ether oxygens (including phenoxy) is 2. The van der Waals surface area contributed by atoms with Gasteiger partial charge in [-0.2, -0.15) is 0 Å². The number of likely N-dealkylation sites (N-methyl/N-ethyl adjacent to an activating group) is 1. The molecule has 19 heavy (non-hydrogen) atoms. The van der Waals surface area contributed by atoms with E-state index in [0.717, 1.165) is 38.5 Å². The molecule has 0 aromatic heterocycles. The Labute approximate surface area is 115 Å². The third-order valence-electron chi connectivity index (χ3n) is 3.28. The van der Waals surface area contributed by atoms with Crippen molar-refractivity contribution in [3.8, 4) is 5.75 Å². The third-order valence-corrected chi connectivity index (χ3v) is 3.28. The van der Waals surface area contributed by atoms with Crippen molar-refractivity contribution in [1.82, 2.24) is 10.2 Å². The molecule has 1 saturated heterocycles. The Morgan fingerprint density at radius 1 is 1.37 bits per heavy atom. The molecule has 4 nitrogen and oxygen atoms in total. The first kappa shape index (κ1) is 14.3. The zero-order valence-corrected chi connectivity index (χ0v) is 11.9. The highest BCUT2D eigenvalue weighted by molar-refractivity contribution is 5.26. The number of hydrogen-bond acceptors (Lipinski definition) is 4. The first-order chi connectivity index (χ1) is 9.24. The number of nitrogens with one attached hydrogen (secondary N) is 1. The molecule has 1 N–H and O–H groups in total. The van der Waals surface area contributed by atoms with Crippen LogP contribution in [0.5, 0.6) is 5.75 Å². The van der Waals surface area contributed by atoms with Crippen molar-refractivity contribution in [2.24, 2.45) is 0 Å². The molecule has 0 aliphatic carbocycles. The van der Waals surface area contributed by atoms with Crippen LogP contribution in [0.4, 0.5) is 0 Å². The fourth-order valence-corrected chi connectivity index (χ4v) is 2.13. The van der Waals surface area contributed by atoms with Gasteiger partial charge in [0.1, 0.15) is 12.4 Å². The molecular weight excluding hydrogens is 240 g/mol. The number of hydrogen-bond donors (Lipinski definition) is 1. The van der Waals surface area contributed by atoms with Gasteiger partial charge in [0.25, 0.3) is 0 Å². The van der Waals surface area contributed by atoms with E-state index >= 15 is 0 Å². The molecule has 0 amide bonds. The largest absolute Gasteiger partial charge is 0.492 e. The number of nitrogens with zero attached hydrogens (tertiary/aromatic N) is 1. The summed E-state index contributed by atoms with van der Waals surface area (Å²) in [6.45, 7) is 7.38. The molecule has 1 atom stereocenters. The van der Waals surface area contributed by atoms with E-state index in [1.807, 2.05) is 12.1 Å². The average Bonchev–Trinajstić information content (AvgIpc) is 2.42. The Hall–Kier alpha value is -1.10. The lowest BCUT2D eigenvalue weighted by molar-refractivity contribution is 0.00848. The van der Waals surface area contributed by atoms with E-state index in [-0.39, 0.29) is 0 Å². The van der Waals surface area contributed by atoms with Gasteiger partial charge in [0.15, 0.2) is 0 Å². The van der Waals surface area contributed by atoms with Crippen molar-refractivity contribution >= 4 is 0 Å². The zero-order chi connectivity index (χ0) is 13.5. The van der Waals surface area contributed by atoms with Gasteiger partial charge in [0.05, 0.1) is 12.7 Å². The molecule has 1 aliphatic rings. The molecule has 0 bridgehead atoms. The van der Waals surface area contributed by atoms with E-state index in [0.29, 0.717) is 12.7 Å². The maximum absolute atomic E-state index is 5.72. The third kappa shape index (κ3) is 5.19. The molecule has 0 radical (unpaired) electrons. The summed E-state index contributed by atoms with van der Waals surface area (Å²) in [6.07, 6.45) is 0.304. The van der Waals surface area contributed by atoms with E-state index in [9.17, 15) is 0 Å². The van der Waals surface area contributed by atoms with Gasteiger partial charge in [-0.3, -0.25) is 0 Å². The van der Waals surface area contributed by atoms with Crippen molar-refractivity contribution < 1.29 is 9.47 Å². The van der Waals surface area contributed by atoms with Crippen LogP contribution < -0.4 is 10.1 Å². The standard InChI is InChI=1S/C15H24N2O2/c1-13-3-5-14(6-4-13)19-10-8-17(2)12-15-11-16-7-9-18-15/h3-6,15-16H,7-12H2,1-2H3. The lowest BCUT2D eigenvalue weighted by Crippen LogP contribution is -2.45. The first-order valence-electron chi connectivity index (χ1n) is 6.94. The molecule has 1 aromatic carbocycles. The maximum Gasteiger partial charge on any atom is 0.119 e. The normalized spacial score (nSPS) is 19.6. The molecule has 1 fully saturated rings. The summed E-state index contributed by atoms with van der Waals surface area (Å²) < 4.78 is 11.4. The van der Waals surface area contributed by atoms with Crippen LogP contribution in [0, 0.1) is 6.92 Å². The van der Waals surface area contributed by atoms with Crippen LogP contribution in [0.25, 0.3) is 0 Å². The second-order valence-electron chi connectivity index (χ2n) is 5.12. The molecule has 0 spiro atoms. The summed E-state index contributed by atoms with van der Waals surface area (Å²) in [4.78, 5) is 2.26. The Balaban J connectivity index is 1.63. The van der Waals surface area contributed by atoms with Crippen molar-refractivity contribution in [3.05, 3.63) is 29.8 Å². The Morgan fingerprint density at radius 3 is 2.84 bits per heavy atom. The molecular formula is C15H24N2O2. The minimum Gasteiger partial charge on any atom is -0.492 e. The van der Waals surface area contributed by atoms with Crippen LogP contribution in [0.15, 0.2) is 24.3 Å². The quantitative estimate of drug-likeness (QED) is 0.839. The Bertz CT molecular complexity index is 361. The zero-order valence-electron chi connectivity index (χ0n) is 11.9. The predicted octanol–water partition coefficient (Wildman–Crippen LogP) is 1.29. The van der Waals surface area contributed by atoms with Gasteiger partial charge in [-0.15, -0.1) is 0 Å². The van der Waals surface area contributed by atoms with Gasteiger partial charge in [0.2, 0.25) is 0 Å². The second-order valence-corrected chi connectivity index (χ2v) is 5.12. The average molecular weight is 264 g/mol. The number of benzene rings is 1. The first-order valence-corrected chi connectivity index (χ1v) is 6.94. The minimum absolute atomic E-state index is 0.304. The highest BCUT2D eigenvalue weighted by atomic mass is 16.5. The van der Waals surface area contributed by atoms with Crippen molar-refractivity contribution in [3.63, 3.8) is 0 Å². The van der Waals surface area contributed by atoms with Gasteiger partial charge in [-0.1, -0.05) is 17.7 Å². The van der Waals surface area contributed by atoms with E-state index in [4.69, 9.17) is 9.47 Å². The lowest BCUT2D eigenvalue weighted by atomic mass is 10.2. The summed E-state index contributed by atoms with van der Waals surface area (Å²) in [5.74, 6) is 0.939. The highest BCUT2D eigenvalue weighted by Crippen LogP contribution is 2.11. The van der Waals surface area contributed by atoms with Gasteiger partial charge >= 0.3 is 0 Å². The van der Waals surface area contributed by atoms with Gasteiger partial charge in [-0.05, 0) is 26.1 Å². The number of morpholine rings is 1. The maximum atomic E-state index is 5.72. The van der Waals surface area contributed by atoms with E-state index < -0.39 is 0 Å². The van der Waals surface area contributed by atoms with Gasteiger partial charge in [-0.25, -0.2) is 0 Å². The van der Waals surface area contributed by atoms with Crippen molar-refractivity contribution in [1.29, 1.82) is 0 Å². The van der Waals surface area contributed by atoms with Crippen LogP contribution in [-0.2, 0) is 4.74 Å². The topological polar surface area (TPSA) is 33.7 Å². The monoisotopic (exact) mass is 264 g/mol. The SMILES string of the molecule is Cc1ccc(OCCN(C)CC2CNCCO2)cc1. The Morgan fingerprint density at radius 2 is 2.16 bits per heavy atom. The van der Waals surface area contributed by atoms with E-state index in [1.54, 1.807) is 0 Å². The van der Waals surface area contributed by atoms with E-state index in [1.165, 1.54) is 5.56 Å². The van der Waals surface area contributed by atoms with Crippen LogP contribution in [-0.4, -0.2) is 57.4 Å². The molecule has 106 valence electrons. The molecule has 2 rings (SSSR count). The van der Waals surface area contributed by atoms with Crippen LogP contribution in [0.3, 0.4) is 0 Å². The molecule has 1 aromatic rings. The van der Waals surface area contributed by atoms with Crippen LogP contribution in [0.1, 0.15) is 5.56 Å². The van der Waals surface area contributed by atoms with Crippen LogP contribution >= 0.6 is 0 Å². The summed E-state index contributed by atoms with van der Waals surface area (Å²) in [5, 5.41) is 3.34. The number of aryl methyl sites for hydroxylation is 1. The molecule has 1 unspecified atom stereocenters. The second kappa shape index (κ2) is 7.48. The van der Waals surface area contributed by atoms with Crippen molar-refractivity contribution in [2.45, 2.75) is 13.0 Å². The summed E-state index contributed by atoms with van der Waals surface area (Å²) in [7, 11) is 2.11. The van der Waals surface area contributed by atoms with Crippen LogP contribution in [0.2, 0.25) is 0 Å². The number of rotatable bonds is 6. The summed E-state index contributed by atoms with van der Waals surface area (Å²) in [5.41, 5.74) is 1.26. The minimum atomic E-state index is 0.304. The predicted molar refractivity (Wildman–Crippen MR) is 76.8 cm³/mol. The fourth-order valence-electron chi connectivity index (χ4n) is 2.13. The summed E-state index contributed by atoms with van der Waals surface area (Å²) >= 11 is 0. The molecule has 1 aliphatic heterocycles. The Kier molecular flexibility index (Phi) is 5.63. The van der Waals surface area contributed by atoms with Crippen molar-refractivity contribution in [2.75, 3.05) is 46.4 Å². The van der Waals surface area contributed by atoms with Gasteiger partial charge in [0, 0.05) is 26.2 Å². The van der Waals surface area contributed by atoms with Gasteiger partial charge < -0.3 is 19.7 Å². The molecule has 4 heteroatoms. The smallest absolute Gasteiger partial charge is 0.119 e. The summed E-state index contributed by atoms with van der Waals surface area (Å²) in [6, 6.07) is 8.17. The lowest BCUT2D eigenvalue weighted by Gasteiger charge is -2.27.